The van der Waals surface area contributed by atoms with Crippen molar-refractivity contribution in [1.29, 1.82) is 0 Å². The molecule has 0 aromatic heterocycles. The third-order valence-corrected chi connectivity index (χ3v) is 5.09. The summed E-state index contributed by atoms with van der Waals surface area (Å²) in [7, 11) is 0. The van der Waals surface area contributed by atoms with Gasteiger partial charge in [0.25, 0.3) is 0 Å². The van der Waals surface area contributed by atoms with Crippen LogP contribution in [0.15, 0.2) is 30.3 Å². The summed E-state index contributed by atoms with van der Waals surface area (Å²) in [5.41, 5.74) is 0.533. The average Bonchev–Trinajstić information content (AvgIpc) is 2.93. The molecule has 0 spiro atoms. The lowest BCUT2D eigenvalue weighted by atomic mass is 10.2. The van der Waals surface area contributed by atoms with E-state index in [9.17, 15) is 4.79 Å². The molecule has 0 N–H and O–H groups in total. The molecular weight excluding hydrogens is 480 g/mol. The molecule has 0 heterocycles. The van der Waals surface area contributed by atoms with E-state index in [-0.39, 0.29) is 12.6 Å². The van der Waals surface area contributed by atoms with Gasteiger partial charge in [0.05, 0.1) is 91.5 Å². The van der Waals surface area contributed by atoms with Crippen LogP contribution in [0.1, 0.15) is 49.4 Å². The summed E-state index contributed by atoms with van der Waals surface area (Å²) in [6.07, 6.45) is 6.27. The SMILES string of the molecule is CCCCCCCOCCOCCOCCOCCOCCOCCOCCOC(=O)c1ccccc1. The van der Waals surface area contributed by atoms with Crippen molar-refractivity contribution >= 4 is 5.97 Å². The Hall–Kier alpha value is -1.59. The van der Waals surface area contributed by atoms with E-state index in [4.69, 9.17) is 37.9 Å². The summed E-state index contributed by atoms with van der Waals surface area (Å²) in [6.45, 7) is 9.91. The standard InChI is InChI=1S/C28H48O9/c1-2-3-4-5-9-12-30-13-14-31-15-16-32-17-18-33-19-20-34-21-22-35-23-24-36-25-26-37-28(29)27-10-7-6-8-11-27/h6-8,10-11H,2-5,9,12-26H2,1H3. The lowest BCUT2D eigenvalue weighted by molar-refractivity contribution is -0.0223. The van der Waals surface area contributed by atoms with Gasteiger partial charge in [-0.3, -0.25) is 0 Å². The average molecular weight is 529 g/mol. The normalized spacial score (nSPS) is 11.2. The van der Waals surface area contributed by atoms with Crippen LogP contribution in [0.2, 0.25) is 0 Å². The molecule has 0 aliphatic carbocycles. The van der Waals surface area contributed by atoms with Crippen molar-refractivity contribution < 1.29 is 42.7 Å². The second-order valence-electron chi connectivity index (χ2n) is 8.20. The molecule has 214 valence electrons. The van der Waals surface area contributed by atoms with Gasteiger partial charge in [-0.2, -0.15) is 0 Å². The highest BCUT2D eigenvalue weighted by molar-refractivity contribution is 5.89. The summed E-state index contributed by atoms with van der Waals surface area (Å²) in [4.78, 5) is 11.7. The highest BCUT2D eigenvalue weighted by atomic mass is 16.6. The van der Waals surface area contributed by atoms with Crippen molar-refractivity contribution in [1.82, 2.24) is 0 Å². The molecule has 0 aliphatic heterocycles. The number of ether oxygens (including phenoxy) is 8. The van der Waals surface area contributed by atoms with Gasteiger partial charge < -0.3 is 37.9 Å². The molecule has 0 saturated heterocycles. The Morgan fingerprint density at radius 1 is 0.486 bits per heavy atom. The van der Waals surface area contributed by atoms with Crippen LogP contribution in [-0.4, -0.2) is 105 Å². The Labute approximate surface area is 223 Å². The maximum Gasteiger partial charge on any atom is 0.338 e. The molecule has 0 bridgehead atoms. The highest BCUT2D eigenvalue weighted by Gasteiger charge is 2.05. The van der Waals surface area contributed by atoms with Gasteiger partial charge in [0, 0.05) is 6.61 Å². The summed E-state index contributed by atoms with van der Waals surface area (Å²) in [5.74, 6) is -0.348. The molecular formula is C28H48O9. The van der Waals surface area contributed by atoms with Crippen LogP contribution in [0.5, 0.6) is 0 Å². The number of unbranched alkanes of at least 4 members (excludes halogenated alkanes) is 4. The van der Waals surface area contributed by atoms with E-state index in [0.717, 1.165) is 13.0 Å². The van der Waals surface area contributed by atoms with Gasteiger partial charge in [-0.05, 0) is 18.6 Å². The van der Waals surface area contributed by atoms with Crippen molar-refractivity contribution in [2.24, 2.45) is 0 Å². The van der Waals surface area contributed by atoms with E-state index in [0.29, 0.717) is 91.5 Å². The number of esters is 1. The molecule has 1 aromatic carbocycles. The molecule has 0 aliphatic rings. The van der Waals surface area contributed by atoms with E-state index in [1.165, 1.54) is 25.7 Å². The van der Waals surface area contributed by atoms with Crippen LogP contribution in [0.25, 0.3) is 0 Å². The van der Waals surface area contributed by atoms with Crippen LogP contribution in [0.3, 0.4) is 0 Å². The van der Waals surface area contributed by atoms with Crippen molar-refractivity contribution in [2.75, 3.05) is 99.1 Å². The van der Waals surface area contributed by atoms with Crippen molar-refractivity contribution in [3.8, 4) is 0 Å². The summed E-state index contributed by atoms with van der Waals surface area (Å²) in [6, 6.07) is 8.88. The molecule has 0 atom stereocenters. The molecule has 0 amide bonds. The molecule has 1 rings (SSSR count). The van der Waals surface area contributed by atoms with Crippen molar-refractivity contribution in [3.05, 3.63) is 35.9 Å². The Kier molecular flexibility index (Phi) is 24.8. The molecule has 0 saturated carbocycles. The Morgan fingerprint density at radius 3 is 1.30 bits per heavy atom. The number of carbonyl (C=O) groups is 1. The maximum absolute atomic E-state index is 11.7. The van der Waals surface area contributed by atoms with Crippen molar-refractivity contribution in [3.63, 3.8) is 0 Å². The monoisotopic (exact) mass is 528 g/mol. The predicted molar refractivity (Wildman–Crippen MR) is 141 cm³/mol. The maximum atomic E-state index is 11.7. The fraction of sp³-hybridized carbons (Fsp3) is 0.750. The number of carbonyl (C=O) groups excluding carboxylic acids is 1. The van der Waals surface area contributed by atoms with Crippen LogP contribution in [0.4, 0.5) is 0 Å². The van der Waals surface area contributed by atoms with Gasteiger partial charge in [-0.1, -0.05) is 50.8 Å². The second kappa shape index (κ2) is 27.4. The minimum atomic E-state index is -0.348. The van der Waals surface area contributed by atoms with Gasteiger partial charge in [0.2, 0.25) is 0 Å². The zero-order valence-corrected chi connectivity index (χ0v) is 22.7. The Bertz CT molecular complexity index is 601. The number of hydrogen-bond donors (Lipinski definition) is 0. The summed E-state index contributed by atoms with van der Waals surface area (Å²) in [5, 5.41) is 0. The molecule has 0 fully saturated rings. The first-order chi connectivity index (χ1) is 18.3. The van der Waals surface area contributed by atoms with Gasteiger partial charge in [-0.25, -0.2) is 4.79 Å². The minimum absolute atomic E-state index is 0.213. The third kappa shape index (κ3) is 23.3. The molecule has 0 radical (unpaired) electrons. The van der Waals surface area contributed by atoms with Gasteiger partial charge in [-0.15, -0.1) is 0 Å². The van der Waals surface area contributed by atoms with E-state index in [2.05, 4.69) is 6.92 Å². The highest BCUT2D eigenvalue weighted by Crippen LogP contribution is 2.02. The van der Waals surface area contributed by atoms with Crippen molar-refractivity contribution in [2.45, 2.75) is 39.0 Å². The number of rotatable bonds is 28. The van der Waals surface area contributed by atoms with Crippen LogP contribution < -0.4 is 0 Å². The smallest absolute Gasteiger partial charge is 0.338 e. The van der Waals surface area contributed by atoms with E-state index >= 15 is 0 Å². The Morgan fingerprint density at radius 2 is 0.865 bits per heavy atom. The third-order valence-electron chi connectivity index (χ3n) is 5.09. The molecule has 0 unspecified atom stereocenters. The fourth-order valence-corrected chi connectivity index (χ4v) is 3.08. The largest absolute Gasteiger partial charge is 0.460 e. The quantitative estimate of drug-likeness (QED) is 0.119. The first-order valence-electron chi connectivity index (χ1n) is 13.6. The zero-order valence-electron chi connectivity index (χ0n) is 22.7. The summed E-state index contributed by atoms with van der Waals surface area (Å²) >= 11 is 0. The lowest BCUT2D eigenvalue weighted by Crippen LogP contribution is -2.15. The molecule has 1 aromatic rings. The van der Waals surface area contributed by atoms with Crippen LogP contribution >= 0.6 is 0 Å². The van der Waals surface area contributed by atoms with E-state index in [1.54, 1.807) is 24.3 Å². The minimum Gasteiger partial charge on any atom is -0.460 e. The molecule has 9 nitrogen and oxygen atoms in total. The number of hydrogen-bond acceptors (Lipinski definition) is 9. The van der Waals surface area contributed by atoms with Gasteiger partial charge in [0.1, 0.15) is 6.61 Å². The predicted octanol–water partition coefficient (Wildman–Crippen LogP) is 3.93. The van der Waals surface area contributed by atoms with Gasteiger partial charge >= 0.3 is 5.97 Å². The van der Waals surface area contributed by atoms with Gasteiger partial charge in [0.15, 0.2) is 0 Å². The fourth-order valence-electron chi connectivity index (χ4n) is 3.08. The van der Waals surface area contributed by atoms with E-state index in [1.807, 2.05) is 6.07 Å². The van der Waals surface area contributed by atoms with Crippen LogP contribution in [0, 0.1) is 0 Å². The van der Waals surface area contributed by atoms with E-state index < -0.39 is 0 Å². The first kappa shape index (κ1) is 33.4. The van der Waals surface area contributed by atoms with Crippen LogP contribution in [-0.2, 0) is 37.9 Å². The zero-order chi connectivity index (χ0) is 26.5. The molecule has 37 heavy (non-hydrogen) atoms. The Balaban J connectivity index is 1.66. The summed E-state index contributed by atoms with van der Waals surface area (Å²) < 4.78 is 43.3. The number of benzene rings is 1. The molecule has 9 heteroatoms. The topological polar surface area (TPSA) is 90.9 Å². The second-order valence-corrected chi connectivity index (χ2v) is 8.20. The first-order valence-corrected chi connectivity index (χ1v) is 13.6. The lowest BCUT2D eigenvalue weighted by Gasteiger charge is -2.09.